The zero-order chi connectivity index (χ0) is 16.9. The number of halogens is 1. The van der Waals surface area contributed by atoms with Crippen LogP contribution in [0.3, 0.4) is 0 Å². The van der Waals surface area contributed by atoms with Crippen molar-refractivity contribution < 1.29 is 4.79 Å². The second-order valence-electron chi connectivity index (χ2n) is 6.24. The normalized spacial score (nSPS) is 16.8. The zero-order valence-corrected chi connectivity index (χ0v) is 15.2. The summed E-state index contributed by atoms with van der Waals surface area (Å²) in [5.74, 6) is 1.01. The van der Waals surface area contributed by atoms with Gasteiger partial charge in [-0.3, -0.25) is 4.79 Å². The lowest BCUT2D eigenvalue weighted by Gasteiger charge is -2.27. The van der Waals surface area contributed by atoms with Crippen LogP contribution >= 0.6 is 22.9 Å². The highest BCUT2D eigenvalue weighted by Gasteiger charge is 2.22. The van der Waals surface area contributed by atoms with E-state index in [1.165, 1.54) is 11.3 Å². The van der Waals surface area contributed by atoms with E-state index in [2.05, 4.69) is 27.8 Å². The van der Waals surface area contributed by atoms with E-state index in [4.69, 9.17) is 11.6 Å². The third-order valence-electron chi connectivity index (χ3n) is 4.44. The molecule has 1 aromatic heterocycles. The third-order valence-corrected chi connectivity index (χ3v) is 5.56. The van der Waals surface area contributed by atoms with E-state index in [0.717, 1.165) is 36.5 Å². The van der Waals surface area contributed by atoms with Crippen LogP contribution in [0.4, 0.5) is 5.13 Å². The monoisotopic (exact) mass is 364 g/mol. The van der Waals surface area contributed by atoms with Crippen molar-refractivity contribution >= 4 is 34.0 Å². The second-order valence-corrected chi connectivity index (χ2v) is 7.65. The summed E-state index contributed by atoms with van der Waals surface area (Å²) in [5, 5.41) is 16.4. The van der Waals surface area contributed by atoms with Crippen molar-refractivity contribution in [1.82, 2.24) is 15.5 Å². The molecule has 1 saturated heterocycles. The van der Waals surface area contributed by atoms with Crippen LogP contribution in [-0.4, -0.2) is 29.2 Å². The maximum Gasteiger partial charge on any atom is 0.226 e. The Morgan fingerprint density at radius 1 is 1.42 bits per heavy atom. The molecule has 0 aliphatic carbocycles. The molecule has 5 nitrogen and oxygen atoms in total. The number of amides is 1. The molecule has 128 valence electrons. The highest BCUT2D eigenvalue weighted by molar-refractivity contribution is 7.18. The van der Waals surface area contributed by atoms with Gasteiger partial charge in [0.15, 0.2) is 0 Å². The van der Waals surface area contributed by atoms with Gasteiger partial charge in [0.1, 0.15) is 5.01 Å². The van der Waals surface area contributed by atoms with Gasteiger partial charge in [-0.2, -0.15) is 0 Å². The molecule has 2 heterocycles. The van der Waals surface area contributed by atoms with Crippen LogP contribution in [0.25, 0.3) is 10.6 Å². The molecule has 1 fully saturated rings. The summed E-state index contributed by atoms with van der Waals surface area (Å²) in [7, 11) is 0. The van der Waals surface area contributed by atoms with E-state index in [0.29, 0.717) is 28.4 Å². The van der Waals surface area contributed by atoms with E-state index in [-0.39, 0.29) is 5.91 Å². The third kappa shape index (κ3) is 4.53. The van der Waals surface area contributed by atoms with Gasteiger partial charge < -0.3 is 10.6 Å². The average molecular weight is 365 g/mol. The van der Waals surface area contributed by atoms with Gasteiger partial charge in [-0.05, 0) is 49.9 Å². The molecule has 1 amide bonds. The number of hydrogen-bond acceptors (Lipinski definition) is 5. The van der Waals surface area contributed by atoms with Gasteiger partial charge in [0.05, 0.1) is 0 Å². The van der Waals surface area contributed by atoms with Crippen molar-refractivity contribution in [2.45, 2.75) is 26.2 Å². The Hall–Kier alpha value is -1.50. The summed E-state index contributed by atoms with van der Waals surface area (Å²) >= 11 is 7.36. The number of anilines is 1. The van der Waals surface area contributed by atoms with Crippen LogP contribution in [0.2, 0.25) is 5.02 Å². The number of benzene rings is 1. The van der Waals surface area contributed by atoms with Gasteiger partial charge in [0.2, 0.25) is 11.0 Å². The van der Waals surface area contributed by atoms with Gasteiger partial charge in [-0.25, -0.2) is 0 Å². The smallest absolute Gasteiger partial charge is 0.226 e. The molecule has 0 bridgehead atoms. The standard InChI is InChI=1S/C17H21ClN4OS/c1-11(12-5-7-19-8-6-12)9-15(23)20-17-22-21-16(24-17)13-3-2-4-14(18)10-13/h2-4,10-12,19H,5-9H2,1H3,(H,20,22,23). The van der Waals surface area contributed by atoms with E-state index in [1.54, 1.807) is 0 Å². The first kappa shape index (κ1) is 17.3. The molecule has 3 rings (SSSR count). The predicted octanol–water partition coefficient (Wildman–Crippen LogP) is 3.82. The molecule has 0 saturated carbocycles. The number of hydrogen-bond donors (Lipinski definition) is 2. The molecule has 1 aromatic carbocycles. The fourth-order valence-corrected chi connectivity index (χ4v) is 4.00. The molecule has 24 heavy (non-hydrogen) atoms. The molecular weight excluding hydrogens is 344 g/mol. The first-order chi connectivity index (χ1) is 11.6. The van der Waals surface area contributed by atoms with Crippen LogP contribution in [0.15, 0.2) is 24.3 Å². The molecule has 1 aliphatic heterocycles. The Balaban J connectivity index is 1.57. The van der Waals surface area contributed by atoms with Crippen molar-refractivity contribution in [2.24, 2.45) is 11.8 Å². The summed E-state index contributed by atoms with van der Waals surface area (Å²) in [4.78, 5) is 12.3. The van der Waals surface area contributed by atoms with Gasteiger partial charge in [-0.1, -0.05) is 42.0 Å². The quantitative estimate of drug-likeness (QED) is 0.846. The van der Waals surface area contributed by atoms with Crippen LogP contribution in [-0.2, 0) is 4.79 Å². The maximum atomic E-state index is 12.3. The highest BCUT2D eigenvalue weighted by atomic mass is 35.5. The molecule has 1 aliphatic rings. The van der Waals surface area contributed by atoms with E-state index < -0.39 is 0 Å². The second kappa shape index (κ2) is 8.05. The summed E-state index contributed by atoms with van der Waals surface area (Å²) < 4.78 is 0. The Labute approximate surface area is 150 Å². The average Bonchev–Trinajstić information content (AvgIpc) is 3.04. The van der Waals surface area contributed by atoms with Crippen molar-refractivity contribution in [3.05, 3.63) is 29.3 Å². The molecule has 1 unspecified atom stereocenters. The van der Waals surface area contributed by atoms with Gasteiger partial charge >= 0.3 is 0 Å². The lowest BCUT2D eigenvalue weighted by molar-refractivity contribution is -0.117. The zero-order valence-electron chi connectivity index (χ0n) is 13.6. The molecule has 2 N–H and O–H groups in total. The van der Waals surface area contributed by atoms with E-state index in [1.807, 2.05) is 24.3 Å². The van der Waals surface area contributed by atoms with Crippen LogP contribution in [0.1, 0.15) is 26.2 Å². The first-order valence-electron chi connectivity index (χ1n) is 8.22. The summed E-state index contributed by atoms with van der Waals surface area (Å²) in [6, 6.07) is 7.46. The fourth-order valence-electron chi connectivity index (χ4n) is 3.05. The number of carbonyl (C=O) groups is 1. The lowest BCUT2D eigenvalue weighted by atomic mass is 9.84. The number of nitrogens with one attached hydrogen (secondary N) is 2. The summed E-state index contributed by atoms with van der Waals surface area (Å²) in [5.41, 5.74) is 0.906. The fraction of sp³-hybridized carbons (Fsp3) is 0.471. The number of carbonyl (C=O) groups excluding carboxylic acids is 1. The minimum absolute atomic E-state index is 0.00910. The summed E-state index contributed by atoms with van der Waals surface area (Å²) in [6.45, 7) is 4.26. The van der Waals surface area contributed by atoms with Crippen molar-refractivity contribution in [3.8, 4) is 10.6 Å². The number of piperidine rings is 1. The van der Waals surface area contributed by atoms with Gasteiger partial charge in [0, 0.05) is 17.0 Å². The number of aromatic nitrogens is 2. The van der Waals surface area contributed by atoms with Crippen molar-refractivity contribution in [1.29, 1.82) is 0 Å². The van der Waals surface area contributed by atoms with Gasteiger partial charge in [-0.15, -0.1) is 10.2 Å². The Kier molecular flexibility index (Phi) is 5.81. The highest BCUT2D eigenvalue weighted by Crippen LogP contribution is 2.29. The van der Waals surface area contributed by atoms with Crippen LogP contribution < -0.4 is 10.6 Å². The predicted molar refractivity (Wildman–Crippen MR) is 98.4 cm³/mol. The molecule has 1 atom stereocenters. The number of nitrogens with zero attached hydrogens (tertiary/aromatic N) is 2. The van der Waals surface area contributed by atoms with E-state index >= 15 is 0 Å². The minimum atomic E-state index is 0.00910. The van der Waals surface area contributed by atoms with Gasteiger partial charge in [0.25, 0.3) is 0 Å². The maximum absolute atomic E-state index is 12.3. The molecule has 0 radical (unpaired) electrons. The Bertz CT molecular complexity index is 699. The minimum Gasteiger partial charge on any atom is -0.317 e. The molecule has 2 aromatic rings. The SMILES string of the molecule is CC(CC(=O)Nc1nnc(-c2cccc(Cl)c2)s1)C1CCNCC1. The van der Waals surface area contributed by atoms with E-state index in [9.17, 15) is 4.79 Å². The largest absolute Gasteiger partial charge is 0.317 e. The van der Waals surface area contributed by atoms with Crippen molar-refractivity contribution in [2.75, 3.05) is 18.4 Å². The van der Waals surface area contributed by atoms with Crippen LogP contribution in [0, 0.1) is 11.8 Å². The summed E-state index contributed by atoms with van der Waals surface area (Å²) in [6.07, 6.45) is 2.81. The molecule has 0 spiro atoms. The number of rotatable bonds is 5. The lowest BCUT2D eigenvalue weighted by Crippen LogP contribution is -2.32. The topological polar surface area (TPSA) is 66.9 Å². The first-order valence-corrected chi connectivity index (χ1v) is 9.41. The Morgan fingerprint density at radius 3 is 2.96 bits per heavy atom. The molecule has 7 heteroatoms. The van der Waals surface area contributed by atoms with Crippen LogP contribution in [0.5, 0.6) is 0 Å². The van der Waals surface area contributed by atoms with Crippen molar-refractivity contribution in [3.63, 3.8) is 0 Å². The Morgan fingerprint density at radius 2 is 2.21 bits per heavy atom. The molecular formula is C17H21ClN4OS.